The van der Waals surface area contributed by atoms with Gasteiger partial charge in [-0.2, -0.15) is 0 Å². The molecule has 0 spiro atoms. The number of piperidine rings is 1. The topological polar surface area (TPSA) is 96.3 Å². The number of rotatable bonds is 2. The molecule has 2 aliphatic heterocycles. The van der Waals surface area contributed by atoms with E-state index in [2.05, 4.69) is 6.58 Å². The van der Waals surface area contributed by atoms with Gasteiger partial charge in [0.2, 0.25) is 0 Å². The Bertz CT molecular complexity index is 891. The summed E-state index contributed by atoms with van der Waals surface area (Å²) in [7, 11) is 0. The zero-order valence-electron chi connectivity index (χ0n) is 20.6. The minimum Gasteiger partial charge on any atom is -0.439 e. The smallest absolute Gasteiger partial charge is 0.410 e. The molecule has 4 rings (SSSR count). The van der Waals surface area contributed by atoms with Crippen molar-refractivity contribution in [3.63, 3.8) is 0 Å². The molecule has 2 heterocycles. The maximum absolute atomic E-state index is 13.8. The fraction of sp³-hybridized carbons (Fsp3) is 0.769. The molecule has 1 saturated carbocycles. The van der Waals surface area contributed by atoms with Gasteiger partial charge in [0, 0.05) is 19.5 Å². The largest absolute Gasteiger partial charge is 0.439 e. The van der Waals surface area contributed by atoms with E-state index in [1.165, 1.54) is 0 Å². The first kappa shape index (κ1) is 24.4. The van der Waals surface area contributed by atoms with Gasteiger partial charge in [-0.05, 0) is 64.4 Å². The summed E-state index contributed by atoms with van der Waals surface area (Å²) in [5.41, 5.74) is -5.67. The molecule has 184 valence electrons. The first-order chi connectivity index (χ1) is 15.2. The van der Waals surface area contributed by atoms with Gasteiger partial charge in [-0.15, -0.1) is 6.58 Å². The number of carbonyl (C=O) groups excluding carboxylic acids is 2. The van der Waals surface area contributed by atoms with Crippen LogP contribution >= 0.6 is 0 Å². The fourth-order valence-electron chi connectivity index (χ4n) is 6.86. The highest BCUT2D eigenvalue weighted by molar-refractivity contribution is 5.93. The maximum Gasteiger partial charge on any atom is 0.410 e. The molecule has 33 heavy (non-hydrogen) atoms. The van der Waals surface area contributed by atoms with Crippen LogP contribution in [0.4, 0.5) is 4.79 Å². The molecule has 0 unspecified atom stereocenters. The van der Waals surface area contributed by atoms with Gasteiger partial charge < -0.3 is 24.6 Å². The zero-order valence-corrected chi connectivity index (χ0v) is 20.6. The molecule has 0 bridgehead atoms. The van der Waals surface area contributed by atoms with Gasteiger partial charge in [-0.3, -0.25) is 4.79 Å². The molecular formula is C26H39NO6. The van der Waals surface area contributed by atoms with E-state index in [1.54, 1.807) is 31.7 Å². The summed E-state index contributed by atoms with van der Waals surface area (Å²) >= 11 is 0. The lowest BCUT2D eigenvalue weighted by Gasteiger charge is -2.66. The van der Waals surface area contributed by atoms with Crippen molar-refractivity contribution < 1.29 is 29.3 Å². The van der Waals surface area contributed by atoms with Crippen molar-refractivity contribution in [2.75, 3.05) is 13.1 Å². The Morgan fingerprint density at radius 3 is 2.45 bits per heavy atom. The molecule has 0 aromatic carbocycles. The lowest BCUT2D eigenvalue weighted by molar-refractivity contribution is -0.303. The van der Waals surface area contributed by atoms with E-state index in [9.17, 15) is 19.8 Å². The molecule has 2 saturated heterocycles. The van der Waals surface area contributed by atoms with Crippen LogP contribution in [0.1, 0.15) is 73.1 Å². The number of aliphatic hydroxyl groups is 2. The molecule has 7 nitrogen and oxygen atoms in total. The van der Waals surface area contributed by atoms with Gasteiger partial charge in [-0.1, -0.05) is 25.5 Å². The number of nitrogens with zero attached hydrogens (tertiary/aromatic N) is 1. The second kappa shape index (κ2) is 7.65. The lowest BCUT2D eigenvalue weighted by atomic mass is 9.44. The molecule has 0 radical (unpaired) electrons. The van der Waals surface area contributed by atoms with Crippen LogP contribution in [0.15, 0.2) is 24.3 Å². The number of fused-ring (bicyclic) bond motifs is 3. The summed E-state index contributed by atoms with van der Waals surface area (Å²) in [4.78, 5) is 28.6. The summed E-state index contributed by atoms with van der Waals surface area (Å²) in [6.45, 7) is 14.3. The number of hydrogen-bond acceptors (Lipinski definition) is 6. The van der Waals surface area contributed by atoms with Gasteiger partial charge in [0.1, 0.15) is 5.60 Å². The number of aliphatic hydroxyl groups excluding tert-OH is 1. The highest BCUT2D eigenvalue weighted by Gasteiger charge is 2.76. The zero-order chi connectivity index (χ0) is 24.4. The summed E-state index contributed by atoms with van der Waals surface area (Å²) < 4.78 is 12.5. The number of ketones is 1. The van der Waals surface area contributed by atoms with Crippen molar-refractivity contribution >= 4 is 11.9 Å². The van der Waals surface area contributed by atoms with Crippen molar-refractivity contribution in [2.45, 2.75) is 102 Å². The lowest BCUT2D eigenvalue weighted by Crippen LogP contribution is -2.81. The van der Waals surface area contributed by atoms with Crippen molar-refractivity contribution in [1.29, 1.82) is 0 Å². The number of hydrogen-bond donors (Lipinski definition) is 2. The van der Waals surface area contributed by atoms with E-state index in [1.807, 2.05) is 19.9 Å². The van der Waals surface area contributed by atoms with Crippen LogP contribution in [0.25, 0.3) is 0 Å². The van der Waals surface area contributed by atoms with Gasteiger partial charge in [0.15, 0.2) is 17.5 Å². The number of carbonyl (C=O) groups is 2. The quantitative estimate of drug-likeness (QED) is 0.611. The first-order valence-corrected chi connectivity index (χ1v) is 12.2. The summed E-state index contributed by atoms with van der Waals surface area (Å²) in [6.07, 6.45) is 4.94. The first-order valence-electron chi connectivity index (χ1n) is 12.2. The molecule has 6 atom stereocenters. The van der Waals surface area contributed by atoms with Crippen LogP contribution in [0, 0.1) is 10.8 Å². The van der Waals surface area contributed by atoms with Gasteiger partial charge >= 0.3 is 6.09 Å². The number of Topliss-reactive ketones (excluding diaryl/α,β-unsaturated/α-hetero) is 1. The van der Waals surface area contributed by atoms with Gasteiger partial charge in [-0.25, -0.2) is 4.79 Å². The molecule has 3 fully saturated rings. The van der Waals surface area contributed by atoms with E-state index in [0.29, 0.717) is 25.9 Å². The van der Waals surface area contributed by atoms with Crippen LogP contribution in [-0.4, -0.2) is 69.1 Å². The minimum absolute atomic E-state index is 0.0780. The van der Waals surface area contributed by atoms with Crippen LogP contribution in [-0.2, 0) is 14.3 Å². The fourth-order valence-corrected chi connectivity index (χ4v) is 6.86. The van der Waals surface area contributed by atoms with Crippen LogP contribution in [0.3, 0.4) is 0 Å². The Balaban J connectivity index is 1.88. The van der Waals surface area contributed by atoms with Crippen molar-refractivity contribution in [3.8, 4) is 0 Å². The third-order valence-corrected chi connectivity index (χ3v) is 8.96. The molecule has 0 aromatic rings. The van der Waals surface area contributed by atoms with E-state index >= 15 is 0 Å². The Labute approximate surface area is 196 Å². The number of amides is 1. The van der Waals surface area contributed by atoms with Crippen LogP contribution in [0.2, 0.25) is 0 Å². The molecule has 2 aliphatic carbocycles. The Hall–Kier alpha value is -1.70. The highest BCUT2D eigenvalue weighted by atomic mass is 16.6. The third-order valence-electron chi connectivity index (χ3n) is 8.96. The minimum atomic E-state index is -2.09. The Morgan fingerprint density at radius 2 is 1.85 bits per heavy atom. The van der Waals surface area contributed by atoms with Crippen molar-refractivity contribution in [2.24, 2.45) is 10.8 Å². The van der Waals surface area contributed by atoms with Crippen LogP contribution < -0.4 is 0 Å². The normalized spacial score (nSPS) is 44.9. The van der Waals surface area contributed by atoms with Crippen molar-refractivity contribution in [1.82, 2.24) is 4.90 Å². The average molecular weight is 462 g/mol. The second-order valence-electron chi connectivity index (χ2n) is 11.6. The van der Waals surface area contributed by atoms with Crippen molar-refractivity contribution in [3.05, 3.63) is 24.3 Å². The molecule has 0 aromatic heterocycles. The monoisotopic (exact) mass is 461 g/mol. The highest BCUT2D eigenvalue weighted by Crippen LogP contribution is 2.64. The number of likely N-dealkylation sites (tertiary alicyclic amines) is 1. The summed E-state index contributed by atoms with van der Waals surface area (Å²) in [5, 5.41) is 23.6. The molecule has 7 heteroatoms. The van der Waals surface area contributed by atoms with Gasteiger partial charge in [0.05, 0.1) is 17.1 Å². The predicted octanol–water partition coefficient (Wildman–Crippen LogP) is 3.53. The Kier molecular flexibility index (Phi) is 5.66. The maximum atomic E-state index is 13.8. The average Bonchev–Trinajstić information content (AvgIpc) is 2.76. The predicted molar refractivity (Wildman–Crippen MR) is 124 cm³/mol. The molecule has 4 aliphatic rings. The number of ether oxygens (including phenoxy) is 2. The third kappa shape index (κ3) is 3.26. The standard InChI is InChI=1S/C26H39NO6/c1-7-23(4)16-19(29)26(31)24(5)17(22(2,3)12-11-18(24)28)15-20(25(26,6)33-23)32-21(30)27-13-9-8-10-14-27/h7,15,18,20,28,31H,1,8-14,16H2,2-6H3/t18-,20-,23-,24+,25+,26-/m0/s1. The van der Waals surface area contributed by atoms with E-state index in [4.69, 9.17) is 9.47 Å². The molecule has 2 N–H and O–H groups in total. The van der Waals surface area contributed by atoms with E-state index in [-0.39, 0.29) is 6.42 Å². The molecule has 1 amide bonds. The van der Waals surface area contributed by atoms with E-state index < -0.39 is 51.7 Å². The second-order valence-corrected chi connectivity index (χ2v) is 11.6. The van der Waals surface area contributed by atoms with Crippen LogP contribution in [0.5, 0.6) is 0 Å². The Morgan fingerprint density at radius 1 is 1.21 bits per heavy atom. The molecular weight excluding hydrogens is 422 g/mol. The van der Waals surface area contributed by atoms with Gasteiger partial charge in [0.25, 0.3) is 0 Å². The SMILES string of the molecule is C=C[C@@]1(C)CC(=O)[C@@]2(O)[C@](C)(O1)[C@@H](OC(=O)N1CCCCC1)C=C1C(C)(C)CC[C@H](O)[C@@]12C. The summed E-state index contributed by atoms with van der Waals surface area (Å²) in [6, 6.07) is 0. The summed E-state index contributed by atoms with van der Waals surface area (Å²) in [5.74, 6) is -0.428. The van der Waals surface area contributed by atoms with E-state index in [0.717, 1.165) is 24.8 Å².